The Bertz CT molecular complexity index is 1270. The van der Waals surface area contributed by atoms with E-state index < -0.39 is 0 Å². The summed E-state index contributed by atoms with van der Waals surface area (Å²) in [4.78, 5) is 22.0. The zero-order valence-corrected chi connectivity index (χ0v) is 17.9. The third-order valence-electron chi connectivity index (χ3n) is 5.11. The van der Waals surface area contributed by atoms with Crippen molar-refractivity contribution >= 4 is 23.1 Å². The van der Waals surface area contributed by atoms with Crippen LogP contribution in [0.1, 0.15) is 24.1 Å². The van der Waals surface area contributed by atoms with Crippen molar-refractivity contribution in [1.29, 1.82) is 0 Å². The highest BCUT2D eigenvalue weighted by Crippen LogP contribution is 2.10. The van der Waals surface area contributed by atoms with Crippen molar-refractivity contribution in [3.63, 3.8) is 0 Å². The summed E-state index contributed by atoms with van der Waals surface area (Å²) in [7, 11) is 0. The minimum Gasteiger partial charge on any atom is -0.309 e. The van der Waals surface area contributed by atoms with Crippen LogP contribution in [0.5, 0.6) is 0 Å². The lowest BCUT2D eigenvalue weighted by Crippen LogP contribution is -2.28. The number of nitrogens with zero attached hydrogens (tertiary/aromatic N) is 5. The number of nitrogens with one attached hydrogen (secondary N) is 1. The highest BCUT2D eigenvalue weighted by atomic mass is 32.1. The second-order valence-corrected chi connectivity index (χ2v) is 7.58. The van der Waals surface area contributed by atoms with E-state index in [1.807, 2.05) is 52.6 Å². The van der Waals surface area contributed by atoms with E-state index in [-0.39, 0.29) is 5.56 Å². The first-order valence-corrected chi connectivity index (χ1v) is 10.3. The smallest absolute Gasteiger partial charge is 0.258 e. The second kappa shape index (κ2) is 8.73. The Morgan fingerprint density at radius 1 is 1.10 bits per heavy atom. The third-order valence-corrected chi connectivity index (χ3v) is 5.54. The van der Waals surface area contributed by atoms with E-state index in [9.17, 15) is 4.79 Å². The fourth-order valence-corrected chi connectivity index (χ4v) is 3.76. The molecule has 1 N–H and O–H groups in total. The summed E-state index contributed by atoms with van der Waals surface area (Å²) >= 11 is 5.69. The number of aryl methyl sites for hydroxylation is 1. The van der Waals surface area contributed by atoms with Crippen molar-refractivity contribution in [3.8, 4) is 0 Å². The van der Waals surface area contributed by atoms with Gasteiger partial charge in [-0.25, -0.2) is 9.67 Å². The molecule has 4 aromatic rings. The normalized spacial score (nSPS) is 11.4. The van der Waals surface area contributed by atoms with Crippen LogP contribution < -0.4 is 5.56 Å². The Morgan fingerprint density at radius 2 is 1.83 bits per heavy atom. The minimum atomic E-state index is -0.119. The van der Waals surface area contributed by atoms with Gasteiger partial charge in [-0.1, -0.05) is 49.4 Å². The number of aromatic amines is 1. The van der Waals surface area contributed by atoms with Crippen LogP contribution in [0, 0.1) is 11.7 Å². The van der Waals surface area contributed by atoms with E-state index in [2.05, 4.69) is 39.0 Å². The Labute approximate surface area is 179 Å². The summed E-state index contributed by atoms with van der Waals surface area (Å²) in [5.74, 6) is 1.50. The van der Waals surface area contributed by atoms with E-state index >= 15 is 0 Å². The molecule has 0 saturated heterocycles. The molecule has 2 aromatic carbocycles. The molecule has 0 aliphatic carbocycles. The van der Waals surface area contributed by atoms with Gasteiger partial charge in [-0.2, -0.15) is 5.10 Å². The topological polar surface area (TPSA) is 71.7 Å². The molecule has 0 spiro atoms. The van der Waals surface area contributed by atoms with Crippen LogP contribution >= 0.6 is 12.2 Å². The summed E-state index contributed by atoms with van der Waals surface area (Å²) < 4.78 is 4.54. The predicted molar refractivity (Wildman–Crippen MR) is 120 cm³/mol. The van der Waals surface area contributed by atoms with Crippen LogP contribution in [-0.4, -0.2) is 35.8 Å². The number of aromatic nitrogens is 5. The van der Waals surface area contributed by atoms with Crippen LogP contribution in [0.15, 0.2) is 59.4 Å². The molecule has 2 aromatic heterocycles. The lowest BCUT2D eigenvalue weighted by atomic mass is 10.2. The maximum absolute atomic E-state index is 12.4. The SMILES string of the molecule is CCN(Cc1nc2ccccc2c(=O)[nH]1)Cn1nc(C)n(Cc2ccccc2)c1=S. The molecule has 2 heterocycles. The molecule has 0 aliphatic heterocycles. The molecule has 154 valence electrons. The van der Waals surface area contributed by atoms with Gasteiger partial charge in [-0.3, -0.25) is 14.3 Å². The van der Waals surface area contributed by atoms with Crippen LogP contribution in [0.2, 0.25) is 0 Å². The minimum absolute atomic E-state index is 0.119. The van der Waals surface area contributed by atoms with E-state index in [1.54, 1.807) is 6.07 Å². The van der Waals surface area contributed by atoms with Gasteiger partial charge in [-0.05, 0) is 43.4 Å². The van der Waals surface area contributed by atoms with E-state index in [0.29, 0.717) is 41.3 Å². The monoisotopic (exact) mass is 420 g/mol. The molecule has 0 radical (unpaired) electrons. The molecule has 7 nitrogen and oxygen atoms in total. The Hall–Kier alpha value is -3.10. The number of fused-ring (bicyclic) bond motifs is 1. The van der Waals surface area contributed by atoms with Gasteiger partial charge >= 0.3 is 0 Å². The van der Waals surface area contributed by atoms with Crippen molar-refractivity contribution in [2.75, 3.05) is 6.54 Å². The summed E-state index contributed by atoms with van der Waals surface area (Å²) in [6, 6.07) is 17.6. The van der Waals surface area contributed by atoms with E-state index in [0.717, 1.165) is 12.4 Å². The van der Waals surface area contributed by atoms with Gasteiger partial charge in [0.05, 0.1) is 30.7 Å². The molecular formula is C22H24N6OS. The quantitative estimate of drug-likeness (QED) is 0.464. The molecule has 0 amide bonds. The Balaban J connectivity index is 1.55. The number of hydrogen-bond acceptors (Lipinski definition) is 5. The van der Waals surface area contributed by atoms with E-state index in [1.165, 1.54) is 5.56 Å². The summed E-state index contributed by atoms with van der Waals surface area (Å²) in [5.41, 5.74) is 1.76. The standard InChI is InChI=1S/C22H24N6OS/c1-3-26(14-20-23-19-12-8-7-11-18(19)21(29)24-20)15-28-22(30)27(16(2)25-28)13-17-9-5-4-6-10-17/h4-12H,3,13-15H2,1-2H3,(H,23,24,29). The first kappa shape index (κ1) is 20.2. The molecule has 0 bridgehead atoms. The summed E-state index contributed by atoms with van der Waals surface area (Å²) in [6.45, 7) is 6.52. The Kier molecular flexibility index (Phi) is 5.87. The first-order valence-electron chi connectivity index (χ1n) is 9.93. The first-order chi connectivity index (χ1) is 14.5. The Morgan fingerprint density at radius 3 is 2.60 bits per heavy atom. The van der Waals surface area contributed by atoms with Gasteiger partial charge in [0, 0.05) is 0 Å². The molecule has 8 heteroatoms. The molecule has 0 saturated carbocycles. The highest BCUT2D eigenvalue weighted by molar-refractivity contribution is 7.71. The van der Waals surface area contributed by atoms with Gasteiger partial charge in [0.1, 0.15) is 11.6 Å². The summed E-state index contributed by atoms with van der Waals surface area (Å²) in [6.07, 6.45) is 0. The summed E-state index contributed by atoms with van der Waals surface area (Å²) in [5, 5.41) is 5.24. The largest absolute Gasteiger partial charge is 0.309 e. The molecule has 0 atom stereocenters. The van der Waals surface area contributed by atoms with Crippen LogP contribution in [0.3, 0.4) is 0 Å². The van der Waals surface area contributed by atoms with Crippen molar-refractivity contribution in [2.24, 2.45) is 0 Å². The van der Waals surface area contributed by atoms with Crippen LogP contribution in [0.4, 0.5) is 0 Å². The van der Waals surface area contributed by atoms with Gasteiger partial charge < -0.3 is 4.98 Å². The lowest BCUT2D eigenvalue weighted by Gasteiger charge is -2.19. The molecule has 0 fully saturated rings. The molecular weight excluding hydrogens is 396 g/mol. The number of hydrogen-bond donors (Lipinski definition) is 1. The number of para-hydroxylation sites is 1. The van der Waals surface area contributed by atoms with E-state index in [4.69, 9.17) is 12.2 Å². The highest BCUT2D eigenvalue weighted by Gasteiger charge is 2.13. The maximum Gasteiger partial charge on any atom is 0.258 e. The fourth-order valence-electron chi connectivity index (χ4n) is 3.46. The molecule has 30 heavy (non-hydrogen) atoms. The second-order valence-electron chi connectivity index (χ2n) is 7.22. The fraction of sp³-hybridized carbons (Fsp3) is 0.273. The zero-order valence-electron chi connectivity index (χ0n) is 17.1. The average molecular weight is 421 g/mol. The predicted octanol–water partition coefficient (Wildman–Crippen LogP) is 3.49. The van der Waals surface area contributed by atoms with Gasteiger partial charge in [0.25, 0.3) is 5.56 Å². The average Bonchev–Trinajstić information content (AvgIpc) is 3.01. The van der Waals surface area contributed by atoms with Gasteiger partial charge in [-0.15, -0.1) is 0 Å². The van der Waals surface area contributed by atoms with Crippen molar-refractivity contribution in [1.82, 2.24) is 29.2 Å². The number of benzene rings is 2. The van der Waals surface area contributed by atoms with Crippen LogP contribution in [0.25, 0.3) is 10.9 Å². The molecule has 4 rings (SSSR count). The maximum atomic E-state index is 12.4. The van der Waals surface area contributed by atoms with Crippen molar-refractivity contribution in [2.45, 2.75) is 33.6 Å². The van der Waals surface area contributed by atoms with Gasteiger partial charge in [0.15, 0.2) is 4.77 Å². The molecule has 0 aliphatic rings. The van der Waals surface area contributed by atoms with Gasteiger partial charge in [0.2, 0.25) is 0 Å². The van der Waals surface area contributed by atoms with Crippen LogP contribution in [-0.2, 0) is 19.8 Å². The number of H-pyrrole nitrogens is 1. The van der Waals surface area contributed by atoms with Crippen molar-refractivity contribution in [3.05, 3.63) is 86.9 Å². The van der Waals surface area contributed by atoms with Crippen molar-refractivity contribution < 1.29 is 0 Å². The lowest BCUT2D eigenvalue weighted by molar-refractivity contribution is 0.202. The zero-order chi connectivity index (χ0) is 21.1. The third kappa shape index (κ3) is 4.24. The molecule has 0 unspecified atom stereocenters. The number of rotatable bonds is 7.